The van der Waals surface area contributed by atoms with Gasteiger partial charge >= 0.3 is 0 Å². The highest BCUT2D eigenvalue weighted by atomic mass is 16.2. The van der Waals surface area contributed by atoms with Gasteiger partial charge in [-0.05, 0) is 42.5 Å². The molecule has 0 unspecified atom stereocenters. The summed E-state index contributed by atoms with van der Waals surface area (Å²) in [6.45, 7) is 0. The van der Waals surface area contributed by atoms with Crippen LogP contribution >= 0.6 is 0 Å². The first-order valence-electron chi connectivity index (χ1n) is 6.09. The van der Waals surface area contributed by atoms with Gasteiger partial charge in [-0.2, -0.15) is 0 Å². The van der Waals surface area contributed by atoms with E-state index in [2.05, 4.69) is 4.98 Å². The molecule has 0 fully saturated rings. The molecular weight excluding hydrogens is 256 g/mol. The molecule has 6 rings (SSSR count). The van der Waals surface area contributed by atoms with Gasteiger partial charge in [-0.1, -0.05) is 0 Å². The summed E-state index contributed by atoms with van der Waals surface area (Å²) in [5, 5.41) is 0.791. The lowest BCUT2D eigenvalue weighted by Gasteiger charge is -1.95. The largest absolute Gasteiger partial charge is 0.322 e. The van der Waals surface area contributed by atoms with Gasteiger partial charge in [-0.15, -0.1) is 0 Å². The van der Waals surface area contributed by atoms with E-state index in [9.17, 15) is 14.4 Å². The smallest absolute Gasteiger partial charge is 0.266 e. The van der Waals surface area contributed by atoms with Gasteiger partial charge in [-0.3, -0.25) is 14.4 Å². The molecule has 0 atom stereocenters. The lowest BCUT2D eigenvalue weighted by molar-refractivity contribution is 1.09. The molecule has 0 amide bonds. The van der Waals surface area contributed by atoms with Crippen molar-refractivity contribution >= 4 is 27.2 Å². The number of aromatic amines is 1. The van der Waals surface area contributed by atoms with Crippen LogP contribution in [-0.2, 0) is 0 Å². The summed E-state index contributed by atoms with van der Waals surface area (Å²) in [6, 6.07) is 11.2. The van der Waals surface area contributed by atoms with Crippen molar-refractivity contribution in [2.24, 2.45) is 0 Å². The van der Waals surface area contributed by atoms with Crippen LogP contribution in [0, 0.1) is 0 Å². The fourth-order valence-electron chi connectivity index (χ4n) is 2.52. The Morgan fingerprint density at radius 2 is 1.55 bits per heavy atom. The summed E-state index contributed by atoms with van der Waals surface area (Å²) in [6.07, 6.45) is 0. The van der Waals surface area contributed by atoms with Gasteiger partial charge in [0.25, 0.3) is 16.7 Å². The fraction of sp³-hybridized carbons (Fsp3) is 0. The zero-order chi connectivity index (χ0) is 13.9. The van der Waals surface area contributed by atoms with Crippen LogP contribution in [0.15, 0.2) is 56.8 Å². The third kappa shape index (κ3) is 1.29. The molecule has 6 aromatic rings. The standard InChI is InChI=1S/C15H8N2O3/c18-13-12-7-8-1-6-11(12)15(20)17(14(8)19)10-4-2-9(16-13)3-5-10/h1-7H,(H,16,18). The third-order valence-electron chi connectivity index (χ3n) is 3.53. The molecule has 96 valence electrons. The second-order valence-corrected chi connectivity index (χ2v) is 4.71. The van der Waals surface area contributed by atoms with Crippen LogP contribution in [-0.4, -0.2) is 9.38 Å². The van der Waals surface area contributed by atoms with E-state index in [1.807, 2.05) is 0 Å². The Hall–Kier alpha value is -2.95. The molecule has 0 radical (unpaired) electrons. The Morgan fingerprint density at radius 3 is 2.30 bits per heavy atom. The number of nitrogens with zero attached hydrogens (tertiary/aromatic N) is 1. The topological polar surface area (TPSA) is 71.4 Å². The highest BCUT2D eigenvalue weighted by Gasteiger charge is 2.09. The first-order valence-corrected chi connectivity index (χ1v) is 6.09. The van der Waals surface area contributed by atoms with E-state index < -0.39 is 11.1 Å². The van der Waals surface area contributed by atoms with Crippen LogP contribution in [0.4, 0.5) is 0 Å². The number of fused-ring (bicyclic) bond motifs is 4. The molecule has 5 heteroatoms. The number of aromatic nitrogens is 2. The van der Waals surface area contributed by atoms with Crippen LogP contribution in [0.25, 0.3) is 27.2 Å². The first kappa shape index (κ1) is 10.9. The number of benzene rings is 2. The summed E-state index contributed by atoms with van der Waals surface area (Å²) < 4.78 is 1.11. The Balaban J connectivity index is 2.67. The molecule has 4 heterocycles. The van der Waals surface area contributed by atoms with E-state index in [4.69, 9.17) is 0 Å². The summed E-state index contributed by atoms with van der Waals surface area (Å²) in [7, 11) is 0. The van der Waals surface area contributed by atoms with Crippen molar-refractivity contribution in [3.8, 4) is 0 Å². The maximum atomic E-state index is 12.5. The molecule has 20 heavy (non-hydrogen) atoms. The van der Waals surface area contributed by atoms with Crippen molar-refractivity contribution in [2.45, 2.75) is 0 Å². The SMILES string of the molecule is O=c1[nH]c2ccc(cc2)n2c(=O)c3ccc(c2=O)c1c3. The van der Waals surface area contributed by atoms with Gasteiger partial charge in [0.05, 0.1) is 16.3 Å². The zero-order valence-electron chi connectivity index (χ0n) is 10.2. The van der Waals surface area contributed by atoms with Crippen LogP contribution in [0.3, 0.4) is 0 Å². The monoisotopic (exact) mass is 264 g/mol. The Kier molecular flexibility index (Phi) is 1.93. The van der Waals surface area contributed by atoms with E-state index in [0.717, 1.165) is 4.40 Å². The molecule has 1 N–H and O–H groups in total. The van der Waals surface area contributed by atoms with Crippen LogP contribution in [0.5, 0.6) is 0 Å². The fourth-order valence-corrected chi connectivity index (χ4v) is 2.52. The van der Waals surface area contributed by atoms with Crippen molar-refractivity contribution in [3.05, 3.63) is 73.5 Å². The predicted octanol–water partition coefficient (Wildman–Crippen LogP) is 1.09. The molecule has 6 bridgehead atoms. The lowest BCUT2D eigenvalue weighted by atomic mass is 10.2. The normalized spacial score (nSPS) is 11.6. The van der Waals surface area contributed by atoms with Gasteiger partial charge in [-0.25, -0.2) is 4.40 Å². The van der Waals surface area contributed by atoms with Crippen LogP contribution in [0.2, 0.25) is 0 Å². The second kappa shape index (κ2) is 3.54. The van der Waals surface area contributed by atoms with Crippen LogP contribution < -0.4 is 16.7 Å². The average Bonchev–Trinajstić information content (AvgIpc) is 2.65. The number of hydrogen-bond donors (Lipinski definition) is 1. The third-order valence-corrected chi connectivity index (χ3v) is 3.53. The van der Waals surface area contributed by atoms with E-state index in [0.29, 0.717) is 16.4 Å². The number of H-pyrrole nitrogens is 1. The van der Waals surface area contributed by atoms with Crippen LogP contribution in [0.1, 0.15) is 0 Å². The average molecular weight is 264 g/mol. The van der Waals surface area contributed by atoms with Gasteiger partial charge in [0.2, 0.25) is 0 Å². The van der Waals surface area contributed by atoms with Crippen molar-refractivity contribution in [3.63, 3.8) is 0 Å². The van der Waals surface area contributed by atoms with Crippen molar-refractivity contribution < 1.29 is 0 Å². The number of rotatable bonds is 0. The van der Waals surface area contributed by atoms with Gasteiger partial charge < -0.3 is 4.98 Å². The number of nitrogens with one attached hydrogen (secondary N) is 1. The van der Waals surface area contributed by atoms with E-state index in [1.54, 1.807) is 30.3 Å². The van der Waals surface area contributed by atoms with Gasteiger partial charge in [0.1, 0.15) is 0 Å². The Labute approximate surface area is 111 Å². The molecule has 0 aliphatic heterocycles. The van der Waals surface area contributed by atoms with E-state index in [1.165, 1.54) is 12.1 Å². The lowest BCUT2D eigenvalue weighted by Crippen LogP contribution is -2.22. The molecule has 0 aliphatic carbocycles. The minimum atomic E-state index is -0.477. The minimum absolute atomic E-state index is 0.228. The zero-order valence-corrected chi connectivity index (χ0v) is 10.2. The highest BCUT2D eigenvalue weighted by Crippen LogP contribution is 2.10. The Bertz CT molecular complexity index is 1130. The molecule has 0 saturated heterocycles. The molecule has 0 spiro atoms. The highest BCUT2D eigenvalue weighted by molar-refractivity contribution is 5.86. The summed E-state index contributed by atoms with van der Waals surface area (Å²) in [4.78, 5) is 39.9. The maximum Gasteiger partial charge on any atom is 0.266 e. The predicted molar refractivity (Wildman–Crippen MR) is 76.8 cm³/mol. The molecule has 2 aromatic carbocycles. The van der Waals surface area contributed by atoms with Gasteiger partial charge in [0.15, 0.2) is 0 Å². The van der Waals surface area contributed by atoms with Crippen molar-refractivity contribution in [2.75, 3.05) is 0 Å². The molecule has 5 nitrogen and oxygen atoms in total. The second-order valence-electron chi connectivity index (χ2n) is 4.71. The first-order chi connectivity index (χ1) is 9.65. The van der Waals surface area contributed by atoms with Crippen molar-refractivity contribution in [1.29, 1.82) is 0 Å². The Morgan fingerprint density at radius 1 is 0.800 bits per heavy atom. The van der Waals surface area contributed by atoms with Gasteiger partial charge in [0, 0.05) is 10.9 Å². The molecular formula is C15H8N2O3. The number of hydrogen-bond acceptors (Lipinski definition) is 3. The minimum Gasteiger partial charge on any atom is -0.322 e. The molecule has 4 aromatic heterocycles. The van der Waals surface area contributed by atoms with E-state index in [-0.39, 0.29) is 16.3 Å². The quantitative estimate of drug-likeness (QED) is 0.517. The van der Waals surface area contributed by atoms with E-state index >= 15 is 0 Å². The maximum absolute atomic E-state index is 12.5. The summed E-state index contributed by atoms with van der Waals surface area (Å²) in [5.74, 6) is 0. The summed E-state index contributed by atoms with van der Waals surface area (Å²) >= 11 is 0. The molecule has 0 aliphatic rings. The summed E-state index contributed by atoms with van der Waals surface area (Å²) in [5.41, 5.74) is -0.167. The van der Waals surface area contributed by atoms with Crippen molar-refractivity contribution in [1.82, 2.24) is 9.38 Å². The molecule has 0 saturated carbocycles.